The van der Waals surface area contributed by atoms with Gasteiger partial charge in [0.1, 0.15) is 0 Å². The highest BCUT2D eigenvalue weighted by molar-refractivity contribution is 6.00. The molecule has 1 N–H and O–H groups in total. The van der Waals surface area contributed by atoms with E-state index in [2.05, 4.69) is 18.3 Å². The van der Waals surface area contributed by atoms with Crippen molar-refractivity contribution in [2.75, 3.05) is 0 Å². The van der Waals surface area contributed by atoms with Gasteiger partial charge in [0.15, 0.2) is 5.78 Å². The molecule has 1 aliphatic heterocycles. The topological polar surface area (TPSA) is 46.2 Å². The number of piperidine rings is 1. The van der Waals surface area contributed by atoms with Crippen LogP contribution in [0.1, 0.15) is 74.4 Å². The van der Waals surface area contributed by atoms with E-state index in [0.29, 0.717) is 6.42 Å². The lowest BCUT2D eigenvalue weighted by molar-refractivity contribution is -0.125. The Hall–Kier alpha value is -1.90. The monoisotopic (exact) mass is 327 g/mol. The Labute approximate surface area is 145 Å². The third-order valence-electron chi connectivity index (χ3n) is 4.69. The fourth-order valence-electron chi connectivity index (χ4n) is 3.21. The van der Waals surface area contributed by atoms with E-state index in [1.165, 1.54) is 11.1 Å². The van der Waals surface area contributed by atoms with E-state index in [1.54, 1.807) is 0 Å². The van der Waals surface area contributed by atoms with Gasteiger partial charge >= 0.3 is 0 Å². The lowest BCUT2D eigenvalue weighted by Crippen LogP contribution is -2.36. The maximum absolute atomic E-state index is 12.6. The number of Topliss-reactive ketones (excluding diaryl/α,β-unsaturated/α-hetero) is 1. The fraction of sp³-hybridized carbons (Fsp3) is 0.524. The number of amides is 1. The molecule has 0 bridgehead atoms. The average Bonchev–Trinajstić information content (AvgIpc) is 3.43. The van der Waals surface area contributed by atoms with Crippen molar-refractivity contribution in [3.63, 3.8) is 0 Å². The number of nitrogens with one attached hydrogen (secondary N) is 1. The highest BCUT2D eigenvalue weighted by Gasteiger charge is 2.30. The minimum absolute atomic E-state index is 0.0270. The Morgan fingerprint density at radius 2 is 1.92 bits per heavy atom. The van der Waals surface area contributed by atoms with Crippen LogP contribution >= 0.6 is 0 Å². The Kier molecular flexibility index (Phi) is 6.36. The van der Waals surface area contributed by atoms with Crippen LogP contribution in [0.3, 0.4) is 0 Å². The van der Waals surface area contributed by atoms with Gasteiger partial charge in [-0.1, -0.05) is 50.1 Å². The van der Waals surface area contributed by atoms with Gasteiger partial charge in [-0.25, -0.2) is 0 Å². The van der Waals surface area contributed by atoms with Crippen LogP contribution in [0.5, 0.6) is 0 Å². The maximum atomic E-state index is 12.6. The number of hydrogen-bond acceptors (Lipinski definition) is 2. The number of hydrogen-bond donors (Lipinski definition) is 1. The highest BCUT2D eigenvalue weighted by atomic mass is 16.2. The van der Waals surface area contributed by atoms with Gasteiger partial charge in [-0.2, -0.15) is 0 Å². The molecule has 3 nitrogen and oxygen atoms in total. The largest absolute Gasteiger partial charge is 0.330 e. The number of benzene rings is 1. The van der Waals surface area contributed by atoms with E-state index in [1.807, 2.05) is 32.9 Å². The van der Waals surface area contributed by atoms with Crippen molar-refractivity contribution >= 4 is 11.7 Å². The van der Waals surface area contributed by atoms with Crippen molar-refractivity contribution in [1.82, 2.24) is 5.32 Å². The van der Waals surface area contributed by atoms with Gasteiger partial charge in [0.2, 0.25) is 5.91 Å². The molecular formula is C21H29NO2. The summed E-state index contributed by atoms with van der Waals surface area (Å²) >= 11 is 0. The number of carbonyl (C=O) groups excluding carboxylic acids is 2. The van der Waals surface area contributed by atoms with Gasteiger partial charge in [0.05, 0.1) is 0 Å². The van der Waals surface area contributed by atoms with E-state index < -0.39 is 0 Å². The van der Waals surface area contributed by atoms with Crippen LogP contribution in [-0.4, -0.2) is 11.7 Å². The molecule has 3 heteroatoms. The molecule has 1 saturated heterocycles. The van der Waals surface area contributed by atoms with Crippen LogP contribution in [0.2, 0.25) is 0 Å². The number of ketones is 1. The molecule has 1 saturated carbocycles. The number of aryl methyl sites for hydroxylation is 2. The Morgan fingerprint density at radius 3 is 2.50 bits per heavy atom. The summed E-state index contributed by atoms with van der Waals surface area (Å²) in [5.41, 5.74) is 5.56. The van der Waals surface area contributed by atoms with Gasteiger partial charge in [0, 0.05) is 23.6 Å². The second-order valence-corrected chi connectivity index (χ2v) is 6.45. The van der Waals surface area contributed by atoms with Crippen LogP contribution in [0.25, 0.3) is 0 Å². The predicted octanol–water partition coefficient (Wildman–Crippen LogP) is 4.73. The van der Waals surface area contributed by atoms with Gasteiger partial charge in [-0.3, -0.25) is 9.59 Å². The standard InChI is InChI=1S/C19H23NO2.C2H6/c1-3-13-10-12(2)4-8-16(13)18(21)11-15-7-9-17(14-5-6-14)20-19(15)22;1-2/h4,8,10,15H,3,5-7,9,11H2,1-2H3,(H,20,22);1-2H3. The summed E-state index contributed by atoms with van der Waals surface area (Å²) in [6.45, 7) is 8.10. The van der Waals surface area contributed by atoms with E-state index >= 15 is 0 Å². The van der Waals surface area contributed by atoms with Crippen LogP contribution in [0, 0.1) is 12.8 Å². The first-order chi connectivity index (χ1) is 11.6. The summed E-state index contributed by atoms with van der Waals surface area (Å²) in [6, 6.07) is 5.96. The third kappa shape index (κ3) is 4.34. The summed E-state index contributed by atoms with van der Waals surface area (Å²) in [6.07, 6.45) is 5.13. The molecule has 1 atom stereocenters. The summed E-state index contributed by atoms with van der Waals surface area (Å²) in [7, 11) is 0. The molecule has 1 unspecified atom stereocenters. The van der Waals surface area contributed by atoms with Gasteiger partial charge < -0.3 is 5.32 Å². The molecule has 1 aliphatic carbocycles. The molecule has 2 aliphatic rings. The molecule has 3 rings (SSSR count). The SMILES string of the molecule is CC.CCc1cc(C)ccc1C(=O)CC1CCC(=C2CC2)NC1=O. The number of allylic oxidation sites excluding steroid dienone is 2. The molecule has 24 heavy (non-hydrogen) atoms. The molecule has 0 spiro atoms. The van der Waals surface area contributed by atoms with E-state index in [9.17, 15) is 9.59 Å². The first-order valence-corrected chi connectivity index (χ1v) is 9.23. The average molecular weight is 327 g/mol. The summed E-state index contributed by atoms with van der Waals surface area (Å²) in [5.74, 6) is -0.0553. The van der Waals surface area contributed by atoms with Crippen molar-refractivity contribution < 1.29 is 9.59 Å². The molecule has 1 aromatic carbocycles. The van der Waals surface area contributed by atoms with Crippen molar-refractivity contribution in [3.05, 3.63) is 46.2 Å². The lowest BCUT2D eigenvalue weighted by atomic mass is 9.88. The zero-order valence-electron chi connectivity index (χ0n) is 15.4. The Balaban J connectivity index is 0.00000100. The predicted molar refractivity (Wildman–Crippen MR) is 98.0 cm³/mol. The van der Waals surface area contributed by atoms with Crippen molar-refractivity contribution in [2.45, 2.75) is 66.2 Å². The quantitative estimate of drug-likeness (QED) is 0.813. The molecular weight excluding hydrogens is 298 g/mol. The minimum Gasteiger partial charge on any atom is -0.330 e. The number of carbonyl (C=O) groups is 2. The fourth-order valence-corrected chi connectivity index (χ4v) is 3.21. The Morgan fingerprint density at radius 1 is 1.21 bits per heavy atom. The lowest BCUT2D eigenvalue weighted by Gasteiger charge is -2.24. The summed E-state index contributed by atoms with van der Waals surface area (Å²) in [5, 5.41) is 3.01. The third-order valence-corrected chi connectivity index (χ3v) is 4.69. The molecule has 1 heterocycles. The second kappa shape index (κ2) is 8.27. The first kappa shape index (κ1) is 18.4. The van der Waals surface area contributed by atoms with Crippen molar-refractivity contribution in [2.24, 2.45) is 5.92 Å². The van der Waals surface area contributed by atoms with E-state index in [-0.39, 0.29) is 17.6 Å². The molecule has 1 amide bonds. The zero-order valence-corrected chi connectivity index (χ0v) is 15.4. The van der Waals surface area contributed by atoms with Crippen molar-refractivity contribution in [3.8, 4) is 0 Å². The summed E-state index contributed by atoms with van der Waals surface area (Å²) in [4.78, 5) is 24.8. The van der Waals surface area contributed by atoms with Crippen LogP contribution < -0.4 is 5.32 Å². The van der Waals surface area contributed by atoms with Gasteiger partial charge in [0.25, 0.3) is 0 Å². The maximum Gasteiger partial charge on any atom is 0.227 e. The second-order valence-electron chi connectivity index (χ2n) is 6.45. The van der Waals surface area contributed by atoms with Gasteiger partial charge in [-0.05, 0) is 44.6 Å². The zero-order chi connectivity index (χ0) is 17.7. The normalized spacial score (nSPS) is 19.3. The first-order valence-electron chi connectivity index (χ1n) is 9.23. The van der Waals surface area contributed by atoms with Crippen LogP contribution in [0.15, 0.2) is 29.5 Å². The molecule has 2 fully saturated rings. The van der Waals surface area contributed by atoms with E-state index in [0.717, 1.165) is 48.9 Å². The van der Waals surface area contributed by atoms with E-state index in [4.69, 9.17) is 0 Å². The van der Waals surface area contributed by atoms with Crippen LogP contribution in [-0.2, 0) is 11.2 Å². The van der Waals surface area contributed by atoms with Gasteiger partial charge in [-0.15, -0.1) is 0 Å². The molecule has 0 aromatic heterocycles. The number of rotatable bonds is 4. The summed E-state index contributed by atoms with van der Waals surface area (Å²) < 4.78 is 0. The molecule has 0 radical (unpaired) electrons. The minimum atomic E-state index is -0.179. The molecule has 1 aromatic rings. The Bertz CT molecular complexity index is 652. The molecule has 130 valence electrons. The highest BCUT2D eigenvalue weighted by Crippen LogP contribution is 2.35. The van der Waals surface area contributed by atoms with Crippen LogP contribution in [0.4, 0.5) is 0 Å². The van der Waals surface area contributed by atoms with Crippen molar-refractivity contribution in [1.29, 1.82) is 0 Å². The smallest absolute Gasteiger partial charge is 0.227 e.